The number of aliphatic hydroxyl groups is 1. The maximum absolute atomic E-state index is 12.2. The summed E-state index contributed by atoms with van der Waals surface area (Å²) in [7, 11) is 0. The number of oxime groups is 1. The van der Waals surface area contributed by atoms with E-state index >= 15 is 0 Å². The summed E-state index contributed by atoms with van der Waals surface area (Å²) >= 11 is 0. The molecule has 2 amide bonds. The number of para-hydroxylation sites is 1. The predicted molar refractivity (Wildman–Crippen MR) is 91.0 cm³/mol. The van der Waals surface area contributed by atoms with Crippen LogP contribution >= 0.6 is 0 Å². The van der Waals surface area contributed by atoms with Crippen molar-refractivity contribution in [2.75, 3.05) is 11.9 Å². The van der Waals surface area contributed by atoms with Gasteiger partial charge in [0.1, 0.15) is 12.4 Å². The minimum absolute atomic E-state index is 0.0859. The molecule has 0 radical (unpaired) electrons. The number of urea groups is 1. The molecule has 1 aliphatic carbocycles. The van der Waals surface area contributed by atoms with Gasteiger partial charge < -0.3 is 20.6 Å². The van der Waals surface area contributed by atoms with Crippen LogP contribution in [-0.4, -0.2) is 35.3 Å². The van der Waals surface area contributed by atoms with Crippen molar-refractivity contribution < 1.29 is 19.5 Å². The summed E-state index contributed by atoms with van der Waals surface area (Å²) in [5.74, 6) is -0.359. The molecule has 7 heteroatoms. The minimum atomic E-state index is -0.468. The van der Waals surface area contributed by atoms with E-state index in [0.29, 0.717) is 18.0 Å². The maximum atomic E-state index is 12.2. The zero-order valence-electron chi connectivity index (χ0n) is 13.7. The molecule has 0 fully saturated rings. The van der Waals surface area contributed by atoms with Crippen LogP contribution in [-0.2, 0) is 9.63 Å². The first kappa shape index (κ1) is 17.5. The van der Waals surface area contributed by atoms with Gasteiger partial charge in [0.05, 0.1) is 11.3 Å². The van der Waals surface area contributed by atoms with Gasteiger partial charge in [-0.1, -0.05) is 23.4 Å². The lowest BCUT2D eigenvalue weighted by atomic mass is 9.90. The fourth-order valence-corrected chi connectivity index (χ4v) is 2.49. The Balaban J connectivity index is 1.99. The maximum Gasteiger partial charge on any atom is 0.319 e. The summed E-state index contributed by atoms with van der Waals surface area (Å²) in [5, 5.41) is 19.3. The second-order valence-electron chi connectivity index (χ2n) is 5.41. The van der Waals surface area contributed by atoms with Crippen LogP contribution in [0.2, 0.25) is 0 Å². The van der Waals surface area contributed by atoms with E-state index in [9.17, 15) is 14.7 Å². The highest BCUT2D eigenvalue weighted by atomic mass is 16.6. The van der Waals surface area contributed by atoms with Crippen molar-refractivity contribution >= 4 is 23.2 Å². The highest BCUT2D eigenvalue weighted by molar-refractivity contribution is 6.22. The Morgan fingerprint density at radius 1 is 1.33 bits per heavy atom. The number of ketones is 1. The number of amides is 2. The van der Waals surface area contributed by atoms with Gasteiger partial charge in [-0.3, -0.25) is 4.79 Å². The molecule has 24 heavy (non-hydrogen) atoms. The normalized spacial score (nSPS) is 18.3. The van der Waals surface area contributed by atoms with Crippen molar-refractivity contribution in [3.8, 4) is 0 Å². The highest BCUT2D eigenvalue weighted by Gasteiger charge is 2.30. The number of nitrogens with one attached hydrogen (secondary N) is 2. The fourth-order valence-electron chi connectivity index (χ4n) is 2.49. The van der Waals surface area contributed by atoms with Crippen LogP contribution in [0.3, 0.4) is 0 Å². The van der Waals surface area contributed by atoms with Gasteiger partial charge >= 0.3 is 6.03 Å². The van der Waals surface area contributed by atoms with Crippen LogP contribution in [0.15, 0.2) is 46.8 Å². The molecular weight excluding hydrogens is 310 g/mol. The van der Waals surface area contributed by atoms with E-state index in [2.05, 4.69) is 15.8 Å². The molecule has 1 aliphatic rings. The van der Waals surface area contributed by atoms with E-state index in [-0.39, 0.29) is 30.0 Å². The molecule has 0 saturated carbocycles. The number of anilines is 1. The molecule has 1 aromatic rings. The topological polar surface area (TPSA) is 100 Å². The molecule has 0 spiro atoms. The number of carbonyl (C=O) groups excluding carboxylic acids is 2. The molecule has 1 unspecified atom stereocenters. The van der Waals surface area contributed by atoms with E-state index < -0.39 is 12.1 Å². The minimum Gasteiger partial charge on any atom is -0.511 e. The van der Waals surface area contributed by atoms with Gasteiger partial charge in [-0.2, -0.15) is 0 Å². The Morgan fingerprint density at radius 2 is 2.04 bits per heavy atom. The lowest BCUT2D eigenvalue weighted by molar-refractivity contribution is -0.116. The van der Waals surface area contributed by atoms with Crippen LogP contribution in [0.4, 0.5) is 10.5 Å². The van der Waals surface area contributed by atoms with Crippen molar-refractivity contribution in [3.63, 3.8) is 0 Å². The van der Waals surface area contributed by atoms with Gasteiger partial charge in [-0.05, 0) is 26.0 Å². The van der Waals surface area contributed by atoms with Crippen LogP contribution in [0.1, 0.15) is 26.7 Å². The van der Waals surface area contributed by atoms with Gasteiger partial charge in [0, 0.05) is 24.6 Å². The van der Waals surface area contributed by atoms with Gasteiger partial charge in [-0.15, -0.1) is 0 Å². The quantitative estimate of drug-likeness (QED) is 0.570. The molecule has 2 rings (SSSR count). The van der Waals surface area contributed by atoms with Gasteiger partial charge in [-0.25, -0.2) is 4.79 Å². The van der Waals surface area contributed by atoms with Crippen LogP contribution in [0.5, 0.6) is 0 Å². The number of nitrogens with zero attached hydrogens (tertiary/aromatic N) is 1. The predicted octanol–water partition coefficient (Wildman–Crippen LogP) is 2.76. The molecule has 0 bridgehead atoms. The summed E-state index contributed by atoms with van der Waals surface area (Å²) in [5.41, 5.74) is 1.16. The first-order valence-electron chi connectivity index (χ1n) is 7.76. The Kier molecular flexibility index (Phi) is 5.95. The number of aliphatic hydroxyl groups excluding tert-OH is 1. The molecule has 0 aromatic heterocycles. The van der Waals surface area contributed by atoms with Crippen LogP contribution in [0, 0.1) is 0 Å². The smallest absolute Gasteiger partial charge is 0.319 e. The van der Waals surface area contributed by atoms with Crippen molar-refractivity contribution in [2.24, 2.45) is 5.16 Å². The Hall–Kier alpha value is -2.83. The Bertz CT molecular complexity index is 668. The number of rotatable bonds is 5. The van der Waals surface area contributed by atoms with Crippen molar-refractivity contribution in [2.45, 2.75) is 32.7 Å². The van der Waals surface area contributed by atoms with E-state index in [1.165, 1.54) is 0 Å². The number of hydrogen-bond donors (Lipinski definition) is 3. The molecule has 0 heterocycles. The van der Waals surface area contributed by atoms with E-state index in [1.807, 2.05) is 6.07 Å². The van der Waals surface area contributed by atoms with E-state index in [4.69, 9.17) is 4.84 Å². The fraction of sp³-hybridized carbons (Fsp3) is 0.353. The molecule has 1 atom stereocenters. The molecular formula is C17H21N3O4. The summed E-state index contributed by atoms with van der Waals surface area (Å²) in [4.78, 5) is 29.1. The van der Waals surface area contributed by atoms with Crippen LogP contribution in [0.25, 0.3) is 0 Å². The largest absolute Gasteiger partial charge is 0.511 e. The number of carbonyl (C=O) groups is 2. The average Bonchev–Trinajstić information content (AvgIpc) is 2.53. The standard InChI is InChI=1S/C17H21N3O4/c1-3-24-20-11(2)16-14(21)9-13(10-15(16)22)19-17(23)18-12-7-5-4-6-8-12/h4-8,13,21H,3,9-10H2,1-2H3,(H2,18,19,23). The number of benzene rings is 1. The zero-order valence-corrected chi connectivity index (χ0v) is 13.7. The third-order valence-corrected chi connectivity index (χ3v) is 3.50. The lowest BCUT2D eigenvalue weighted by Gasteiger charge is -2.24. The van der Waals surface area contributed by atoms with Crippen molar-refractivity contribution in [1.82, 2.24) is 5.32 Å². The Labute approximate surface area is 140 Å². The summed E-state index contributed by atoms with van der Waals surface area (Å²) in [6.07, 6.45) is 0.267. The van der Waals surface area contributed by atoms with Gasteiger partial charge in [0.15, 0.2) is 5.78 Å². The van der Waals surface area contributed by atoms with E-state index in [0.717, 1.165) is 0 Å². The molecule has 0 saturated heterocycles. The second-order valence-corrected chi connectivity index (χ2v) is 5.41. The lowest BCUT2D eigenvalue weighted by Crippen LogP contribution is -2.42. The Morgan fingerprint density at radius 3 is 2.67 bits per heavy atom. The average molecular weight is 331 g/mol. The molecule has 1 aromatic carbocycles. The second kappa shape index (κ2) is 8.14. The van der Waals surface area contributed by atoms with Crippen LogP contribution < -0.4 is 10.6 Å². The molecule has 0 aliphatic heterocycles. The SMILES string of the molecule is CCON=C(C)C1=C(O)CC(NC(=O)Nc2ccccc2)CC1=O. The van der Waals surface area contributed by atoms with Gasteiger partial charge in [0.2, 0.25) is 0 Å². The summed E-state index contributed by atoms with van der Waals surface area (Å²) in [6, 6.07) is 8.09. The third-order valence-electron chi connectivity index (χ3n) is 3.50. The molecule has 128 valence electrons. The number of hydrogen-bond acceptors (Lipinski definition) is 5. The van der Waals surface area contributed by atoms with Crippen molar-refractivity contribution in [1.29, 1.82) is 0 Å². The summed E-state index contributed by atoms with van der Waals surface area (Å²) in [6.45, 7) is 3.76. The number of allylic oxidation sites excluding steroid dienone is 1. The van der Waals surface area contributed by atoms with Gasteiger partial charge in [0.25, 0.3) is 0 Å². The first-order valence-corrected chi connectivity index (χ1v) is 7.76. The first-order chi connectivity index (χ1) is 11.5. The third kappa shape index (κ3) is 4.58. The van der Waals surface area contributed by atoms with Crippen molar-refractivity contribution in [3.05, 3.63) is 41.7 Å². The monoisotopic (exact) mass is 331 g/mol. The number of Topliss-reactive ketones (excluding diaryl/α,β-unsaturated/α-hetero) is 1. The molecule has 7 nitrogen and oxygen atoms in total. The zero-order chi connectivity index (χ0) is 17.5. The summed E-state index contributed by atoms with van der Waals surface area (Å²) < 4.78 is 0. The van der Waals surface area contributed by atoms with E-state index in [1.54, 1.807) is 38.1 Å². The highest BCUT2D eigenvalue weighted by Crippen LogP contribution is 2.22. The molecule has 3 N–H and O–H groups in total.